The first-order valence-electron chi connectivity index (χ1n) is 5.87. The molecule has 3 atom stereocenters. The van der Waals surface area contributed by atoms with Crippen molar-refractivity contribution in [3.05, 3.63) is 0 Å². The number of nitrogens with zero attached hydrogens (tertiary/aromatic N) is 1. The van der Waals surface area contributed by atoms with Crippen molar-refractivity contribution in [2.75, 3.05) is 6.54 Å². The van der Waals surface area contributed by atoms with E-state index >= 15 is 0 Å². The number of nitriles is 1. The van der Waals surface area contributed by atoms with Gasteiger partial charge >= 0.3 is 0 Å². The van der Waals surface area contributed by atoms with Gasteiger partial charge < -0.3 is 5.32 Å². The van der Waals surface area contributed by atoms with E-state index in [1.807, 2.05) is 6.92 Å². The molecule has 0 heterocycles. The lowest BCUT2D eigenvalue weighted by atomic mass is 9.96. The molecular weight excluding hydrogens is 172 g/mol. The highest BCUT2D eigenvalue weighted by molar-refractivity contribution is 4.83. The third kappa shape index (κ3) is 3.67. The SMILES string of the molecule is CC(C#N)CNC1CCCCCC1C. The molecule has 0 saturated heterocycles. The molecule has 1 rings (SSSR count). The van der Waals surface area contributed by atoms with Gasteiger partial charge in [-0.25, -0.2) is 0 Å². The van der Waals surface area contributed by atoms with Gasteiger partial charge in [-0.1, -0.05) is 26.2 Å². The second kappa shape index (κ2) is 6.03. The minimum Gasteiger partial charge on any atom is -0.312 e. The number of nitrogens with one attached hydrogen (secondary N) is 1. The average Bonchev–Trinajstić information content (AvgIpc) is 2.39. The number of hydrogen-bond acceptors (Lipinski definition) is 2. The summed E-state index contributed by atoms with van der Waals surface area (Å²) in [7, 11) is 0. The Kier molecular flexibility index (Phi) is 4.97. The molecule has 1 aliphatic rings. The fourth-order valence-electron chi connectivity index (χ4n) is 2.17. The van der Waals surface area contributed by atoms with E-state index in [1.165, 1.54) is 32.1 Å². The minimum absolute atomic E-state index is 0.144. The van der Waals surface area contributed by atoms with Crippen LogP contribution in [-0.4, -0.2) is 12.6 Å². The zero-order chi connectivity index (χ0) is 10.4. The Morgan fingerprint density at radius 1 is 1.36 bits per heavy atom. The van der Waals surface area contributed by atoms with Crippen LogP contribution in [0.4, 0.5) is 0 Å². The van der Waals surface area contributed by atoms with Crippen molar-refractivity contribution in [3.63, 3.8) is 0 Å². The van der Waals surface area contributed by atoms with Crippen LogP contribution in [0.25, 0.3) is 0 Å². The molecule has 3 unspecified atom stereocenters. The summed E-state index contributed by atoms with van der Waals surface area (Å²) in [6, 6.07) is 2.92. The molecule has 0 aromatic heterocycles. The first-order valence-corrected chi connectivity index (χ1v) is 5.87. The first kappa shape index (κ1) is 11.5. The summed E-state index contributed by atoms with van der Waals surface area (Å²) in [5, 5.41) is 12.2. The van der Waals surface area contributed by atoms with E-state index in [9.17, 15) is 0 Å². The largest absolute Gasteiger partial charge is 0.312 e. The molecule has 1 fully saturated rings. The van der Waals surface area contributed by atoms with Crippen LogP contribution in [0.3, 0.4) is 0 Å². The molecule has 0 aromatic rings. The zero-order valence-corrected chi connectivity index (χ0v) is 9.42. The molecule has 2 nitrogen and oxygen atoms in total. The number of hydrogen-bond donors (Lipinski definition) is 1. The third-order valence-electron chi connectivity index (χ3n) is 3.27. The molecule has 14 heavy (non-hydrogen) atoms. The fourth-order valence-corrected chi connectivity index (χ4v) is 2.17. The Morgan fingerprint density at radius 3 is 2.79 bits per heavy atom. The van der Waals surface area contributed by atoms with Gasteiger partial charge in [-0.3, -0.25) is 0 Å². The molecule has 80 valence electrons. The standard InChI is InChI=1S/C12H22N2/c1-10(8-13)9-14-12-7-5-3-4-6-11(12)2/h10-12,14H,3-7,9H2,1-2H3. The molecule has 0 radical (unpaired) electrons. The molecule has 2 heteroatoms. The maximum absolute atomic E-state index is 8.70. The Labute approximate surface area is 87.7 Å². The van der Waals surface area contributed by atoms with Crippen LogP contribution in [0.2, 0.25) is 0 Å². The second-order valence-corrected chi connectivity index (χ2v) is 4.66. The normalized spacial score (nSPS) is 30.4. The Balaban J connectivity index is 2.30. The Bertz CT molecular complexity index is 195. The Morgan fingerprint density at radius 2 is 2.07 bits per heavy atom. The summed E-state index contributed by atoms with van der Waals surface area (Å²) in [6.45, 7) is 5.17. The molecular formula is C12H22N2. The van der Waals surface area contributed by atoms with Crippen LogP contribution in [0.15, 0.2) is 0 Å². The quantitative estimate of drug-likeness (QED) is 0.701. The van der Waals surface area contributed by atoms with Crippen molar-refractivity contribution in [2.24, 2.45) is 11.8 Å². The summed E-state index contributed by atoms with van der Waals surface area (Å²) in [5.41, 5.74) is 0. The molecule has 0 spiro atoms. The molecule has 1 saturated carbocycles. The van der Waals surface area contributed by atoms with Crippen molar-refractivity contribution < 1.29 is 0 Å². The van der Waals surface area contributed by atoms with Crippen LogP contribution in [0, 0.1) is 23.2 Å². The van der Waals surface area contributed by atoms with E-state index in [1.54, 1.807) is 0 Å². The summed E-state index contributed by atoms with van der Waals surface area (Å²) in [5.74, 6) is 0.925. The molecule has 0 aliphatic heterocycles. The second-order valence-electron chi connectivity index (χ2n) is 4.66. The van der Waals surface area contributed by atoms with Gasteiger partial charge in [0.15, 0.2) is 0 Å². The van der Waals surface area contributed by atoms with Crippen LogP contribution in [-0.2, 0) is 0 Å². The van der Waals surface area contributed by atoms with Gasteiger partial charge in [0, 0.05) is 12.6 Å². The van der Waals surface area contributed by atoms with Gasteiger partial charge in [0.1, 0.15) is 0 Å². The highest BCUT2D eigenvalue weighted by Crippen LogP contribution is 2.22. The summed E-state index contributed by atoms with van der Waals surface area (Å²) in [6.07, 6.45) is 6.75. The van der Waals surface area contributed by atoms with E-state index in [2.05, 4.69) is 18.3 Å². The predicted octanol–water partition coefficient (Wildman–Crippen LogP) is 2.70. The lowest BCUT2D eigenvalue weighted by Gasteiger charge is -2.23. The number of rotatable bonds is 3. The molecule has 1 aliphatic carbocycles. The third-order valence-corrected chi connectivity index (χ3v) is 3.27. The van der Waals surface area contributed by atoms with E-state index in [-0.39, 0.29) is 5.92 Å². The predicted molar refractivity (Wildman–Crippen MR) is 58.8 cm³/mol. The van der Waals surface area contributed by atoms with Gasteiger partial charge in [0.05, 0.1) is 12.0 Å². The summed E-state index contributed by atoms with van der Waals surface area (Å²) >= 11 is 0. The average molecular weight is 194 g/mol. The van der Waals surface area contributed by atoms with E-state index in [0.29, 0.717) is 6.04 Å². The zero-order valence-electron chi connectivity index (χ0n) is 9.42. The molecule has 0 bridgehead atoms. The lowest BCUT2D eigenvalue weighted by molar-refractivity contribution is 0.349. The van der Waals surface area contributed by atoms with Gasteiger partial charge in [0.2, 0.25) is 0 Å². The van der Waals surface area contributed by atoms with Crippen molar-refractivity contribution in [1.29, 1.82) is 5.26 Å². The topological polar surface area (TPSA) is 35.8 Å². The van der Waals surface area contributed by atoms with Crippen molar-refractivity contribution in [3.8, 4) is 6.07 Å². The van der Waals surface area contributed by atoms with Crippen molar-refractivity contribution in [1.82, 2.24) is 5.32 Å². The van der Waals surface area contributed by atoms with Gasteiger partial charge in [0.25, 0.3) is 0 Å². The maximum Gasteiger partial charge on any atom is 0.0666 e. The highest BCUT2D eigenvalue weighted by Gasteiger charge is 2.19. The lowest BCUT2D eigenvalue weighted by Crippen LogP contribution is -2.36. The molecule has 1 N–H and O–H groups in total. The molecule has 0 amide bonds. The monoisotopic (exact) mass is 194 g/mol. The molecule has 0 aromatic carbocycles. The van der Waals surface area contributed by atoms with Gasteiger partial charge in [-0.15, -0.1) is 0 Å². The maximum atomic E-state index is 8.70. The van der Waals surface area contributed by atoms with Crippen LogP contribution >= 0.6 is 0 Å². The van der Waals surface area contributed by atoms with E-state index in [0.717, 1.165) is 12.5 Å². The summed E-state index contributed by atoms with van der Waals surface area (Å²) in [4.78, 5) is 0. The fraction of sp³-hybridized carbons (Fsp3) is 0.917. The van der Waals surface area contributed by atoms with Crippen LogP contribution in [0.5, 0.6) is 0 Å². The minimum atomic E-state index is 0.144. The Hall–Kier alpha value is -0.550. The van der Waals surface area contributed by atoms with Crippen molar-refractivity contribution >= 4 is 0 Å². The van der Waals surface area contributed by atoms with Gasteiger partial charge in [-0.2, -0.15) is 5.26 Å². The van der Waals surface area contributed by atoms with Gasteiger partial charge in [-0.05, 0) is 25.7 Å². The van der Waals surface area contributed by atoms with Crippen LogP contribution < -0.4 is 5.32 Å². The van der Waals surface area contributed by atoms with Crippen molar-refractivity contribution in [2.45, 2.75) is 52.0 Å². The smallest absolute Gasteiger partial charge is 0.0666 e. The van der Waals surface area contributed by atoms with E-state index < -0.39 is 0 Å². The summed E-state index contributed by atoms with van der Waals surface area (Å²) < 4.78 is 0. The highest BCUT2D eigenvalue weighted by atomic mass is 14.9. The van der Waals surface area contributed by atoms with E-state index in [4.69, 9.17) is 5.26 Å². The van der Waals surface area contributed by atoms with Crippen LogP contribution in [0.1, 0.15) is 46.0 Å². The first-order chi connectivity index (χ1) is 6.74.